The third-order valence-corrected chi connectivity index (χ3v) is 5.69. The van der Waals surface area contributed by atoms with Crippen LogP contribution in [-0.4, -0.2) is 37.8 Å². The Morgan fingerprint density at radius 3 is 2.32 bits per heavy atom. The van der Waals surface area contributed by atoms with E-state index in [0.717, 1.165) is 11.3 Å². The zero-order chi connectivity index (χ0) is 23.9. The molecular formula is C24H22N6O3S. The molecule has 1 aromatic heterocycles. The Hall–Kier alpha value is -4.18. The summed E-state index contributed by atoms with van der Waals surface area (Å²) in [4.78, 5) is 24.7. The molecule has 0 unspecified atom stereocenters. The van der Waals surface area contributed by atoms with Crippen LogP contribution in [0.25, 0.3) is 0 Å². The number of aryl methyl sites for hydroxylation is 2. The van der Waals surface area contributed by atoms with Crippen molar-refractivity contribution in [2.75, 3.05) is 16.4 Å². The van der Waals surface area contributed by atoms with Crippen molar-refractivity contribution in [3.63, 3.8) is 0 Å². The molecule has 4 aromatic rings. The van der Waals surface area contributed by atoms with Crippen LogP contribution in [0.1, 0.15) is 15.9 Å². The van der Waals surface area contributed by atoms with Crippen molar-refractivity contribution in [2.45, 2.75) is 12.1 Å². The second-order valence-electron chi connectivity index (χ2n) is 7.40. The fraction of sp³-hybridized carbons (Fsp3) is 0.125. The van der Waals surface area contributed by atoms with Gasteiger partial charge in [0.2, 0.25) is 11.1 Å². The van der Waals surface area contributed by atoms with Crippen LogP contribution in [0.15, 0.2) is 78.0 Å². The Morgan fingerprint density at radius 1 is 0.941 bits per heavy atom. The number of benzene rings is 3. The second kappa shape index (κ2) is 10.6. The maximum absolute atomic E-state index is 12.6. The average Bonchev–Trinajstić information content (AvgIpc) is 3.24. The van der Waals surface area contributed by atoms with Gasteiger partial charge in [0.25, 0.3) is 5.91 Å². The van der Waals surface area contributed by atoms with Crippen LogP contribution in [0.4, 0.5) is 11.4 Å². The van der Waals surface area contributed by atoms with Crippen LogP contribution in [0.3, 0.4) is 0 Å². The van der Waals surface area contributed by atoms with Gasteiger partial charge in [0.1, 0.15) is 11.5 Å². The highest BCUT2D eigenvalue weighted by atomic mass is 32.2. The first-order valence-electron chi connectivity index (χ1n) is 10.4. The fourth-order valence-corrected chi connectivity index (χ4v) is 3.65. The summed E-state index contributed by atoms with van der Waals surface area (Å²) in [5.74, 6) is 1.15. The molecule has 0 saturated carbocycles. The molecule has 0 spiro atoms. The molecular weight excluding hydrogens is 452 g/mol. The molecule has 1 heterocycles. The SMILES string of the molecule is Cc1cccc(Oc2ccc(NC(=O)c3ccc(NC(=O)CSc4nnnn4C)cc3)cc2)c1. The standard InChI is InChI=1S/C24H22N6O3S/c1-16-4-3-5-21(14-16)33-20-12-10-19(11-13-20)26-23(32)17-6-8-18(9-7-17)25-22(31)15-34-24-27-28-29-30(24)2/h3-14H,15H2,1-2H3,(H,25,31)(H,26,32). The normalized spacial score (nSPS) is 10.5. The number of aromatic nitrogens is 4. The van der Waals surface area contributed by atoms with Crippen LogP contribution >= 0.6 is 11.8 Å². The highest BCUT2D eigenvalue weighted by Gasteiger charge is 2.10. The first kappa shape index (κ1) is 23.0. The summed E-state index contributed by atoms with van der Waals surface area (Å²) < 4.78 is 7.33. The Balaban J connectivity index is 1.28. The lowest BCUT2D eigenvalue weighted by Gasteiger charge is -2.09. The molecule has 0 bridgehead atoms. The lowest BCUT2D eigenvalue weighted by molar-refractivity contribution is -0.113. The molecule has 0 saturated heterocycles. The molecule has 0 fully saturated rings. The summed E-state index contributed by atoms with van der Waals surface area (Å²) in [6.07, 6.45) is 0. The highest BCUT2D eigenvalue weighted by molar-refractivity contribution is 7.99. The van der Waals surface area contributed by atoms with Gasteiger partial charge in [-0.25, -0.2) is 4.68 Å². The zero-order valence-electron chi connectivity index (χ0n) is 18.6. The summed E-state index contributed by atoms with van der Waals surface area (Å²) in [6, 6.07) is 21.6. The van der Waals surface area contributed by atoms with Gasteiger partial charge in [0.15, 0.2) is 0 Å². The number of hydrogen-bond acceptors (Lipinski definition) is 7. The number of anilines is 2. The second-order valence-corrected chi connectivity index (χ2v) is 8.34. The minimum absolute atomic E-state index is 0.167. The van der Waals surface area contributed by atoms with E-state index < -0.39 is 0 Å². The fourth-order valence-electron chi connectivity index (χ4n) is 3.00. The summed E-state index contributed by atoms with van der Waals surface area (Å²) in [5, 5.41) is 17.3. The predicted octanol–water partition coefficient (Wildman–Crippen LogP) is 4.29. The van der Waals surface area contributed by atoms with E-state index in [1.807, 2.05) is 31.2 Å². The van der Waals surface area contributed by atoms with Gasteiger partial charge in [0, 0.05) is 24.0 Å². The van der Waals surface area contributed by atoms with E-state index >= 15 is 0 Å². The molecule has 2 N–H and O–H groups in total. The highest BCUT2D eigenvalue weighted by Crippen LogP contribution is 2.24. The summed E-state index contributed by atoms with van der Waals surface area (Å²) in [6.45, 7) is 2.00. The van der Waals surface area contributed by atoms with Crippen molar-refractivity contribution in [3.05, 3.63) is 83.9 Å². The summed E-state index contributed by atoms with van der Waals surface area (Å²) in [7, 11) is 1.71. The van der Waals surface area contributed by atoms with Crippen LogP contribution in [0, 0.1) is 6.92 Å². The number of hydrogen-bond donors (Lipinski definition) is 2. The van der Waals surface area contributed by atoms with Crippen LogP contribution in [0.5, 0.6) is 11.5 Å². The van der Waals surface area contributed by atoms with Crippen molar-refractivity contribution in [2.24, 2.45) is 7.05 Å². The van der Waals surface area contributed by atoms with Crippen molar-refractivity contribution >= 4 is 35.0 Å². The Morgan fingerprint density at radius 2 is 1.65 bits per heavy atom. The monoisotopic (exact) mass is 474 g/mol. The van der Waals surface area contributed by atoms with Crippen LogP contribution < -0.4 is 15.4 Å². The van der Waals surface area contributed by atoms with Gasteiger partial charge in [-0.05, 0) is 83.6 Å². The molecule has 0 aliphatic rings. The number of tetrazole rings is 1. The van der Waals surface area contributed by atoms with Crippen molar-refractivity contribution in [1.82, 2.24) is 20.2 Å². The van der Waals surface area contributed by atoms with Gasteiger partial charge in [-0.15, -0.1) is 5.10 Å². The Kier molecular flexibility index (Phi) is 7.19. The number of carbonyl (C=O) groups excluding carboxylic acids is 2. The van der Waals surface area contributed by atoms with Gasteiger partial charge in [-0.2, -0.15) is 0 Å². The smallest absolute Gasteiger partial charge is 0.255 e. The molecule has 9 nitrogen and oxygen atoms in total. The molecule has 0 radical (unpaired) electrons. The van der Waals surface area contributed by atoms with E-state index in [9.17, 15) is 9.59 Å². The lowest BCUT2D eigenvalue weighted by atomic mass is 10.2. The van der Waals surface area contributed by atoms with E-state index in [1.54, 1.807) is 55.6 Å². The zero-order valence-corrected chi connectivity index (χ0v) is 19.4. The molecule has 3 aromatic carbocycles. The molecule has 2 amide bonds. The number of amides is 2. The first-order chi connectivity index (χ1) is 16.5. The molecule has 10 heteroatoms. The molecule has 0 aliphatic heterocycles. The Bertz CT molecular complexity index is 1290. The van der Waals surface area contributed by atoms with Gasteiger partial charge in [0.05, 0.1) is 5.75 Å². The van der Waals surface area contributed by atoms with Crippen LogP contribution in [0.2, 0.25) is 0 Å². The first-order valence-corrected chi connectivity index (χ1v) is 11.4. The minimum Gasteiger partial charge on any atom is -0.457 e. The van der Waals surface area contributed by atoms with E-state index in [2.05, 4.69) is 26.2 Å². The van der Waals surface area contributed by atoms with E-state index in [-0.39, 0.29) is 17.6 Å². The van der Waals surface area contributed by atoms with Crippen molar-refractivity contribution < 1.29 is 14.3 Å². The Labute approximate surface area is 200 Å². The third-order valence-electron chi connectivity index (χ3n) is 4.68. The topological polar surface area (TPSA) is 111 Å². The quantitative estimate of drug-likeness (QED) is 0.366. The number of carbonyl (C=O) groups is 2. The number of nitrogens with zero attached hydrogens (tertiary/aromatic N) is 4. The lowest BCUT2D eigenvalue weighted by Crippen LogP contribution is -2.15. The largest absolute Gasteiger partial charge is 0.457 e. The maximum atomic E-state index is 12.6. The van der Waals surface area contributed by atoms with Crippen LogP contribution in [-0.2, 0) is 11.8 Å². The third kappa shape index (κ3) is 6.20. The van der Waals surface area contributed by atoms with Gasteiger partial charge in [-0.3, -0.25) is 9.59 Å². The maximum Gasteiger partial charge on any atom is 0.255 e. The average molecular weight is 475 g/mol. The number of nitrogens with one attached hydrogen (secondary N) is 2. The number of rotatable bonds is 8. The minimum atomic E-state index is -0.254. The molecule has 4 rings (SSSR count). The number of ether oxygens (including phenoxy) is 1. The van der Waals surface area contributed by atoms with Gasteiger partial charge in [-0.1, -0.05) is 23.9 Å². The summed E-state index contributed by atoms with van der Waals surface area (Å²) in [5.41, 5.74) is 2.83. The van der Waals surface area contributed by atoms with E-state index in [4.69, 9.17) is 4.74 Å². The molecule has 0 aliphatic carbocycles. The van der Waals surface area contributed by atoms with Gasteiger partial charge >= 0.3 is 0 Å². The molecule has 34 heavy (non-hydrogen) atoms. The molecule has 0 atom stereocenters. The van der Waals surface area contributed by atoms with E-state index in [0.29, 0.717) is 27.8 Å². The number of thioether (sulfide) groups is 1. The van der Waals surface area contributed by atoms with Crippen molar-refractivity contribution in [1.29, 1.82) is 0 Å². The van der Waals surface area contributed by atoms with E-state index in [1.165, 1.54) is 16.4 Å². The summed E-state index contributed by atoms with van der Waals surface area (Å²) >= 11 is 1.23. The van der Waals surface area contributed by atoms with Gasteiger partial charge < -0.3 is 15.4 Å². The predicted molar refractivity (Wildman–Crippen MR) is 130 cm³/mol. The van der Waals surface area contributed by atoms with Crippen molar-refractivity contribution in [3.8, 4) is 11.5 Å². The molecule has 172 valence electrons.